The SMILES string of the molecule is Cc1nn(CC(C)C)c(C)c1C(C)CNC(C)C. The molecule has 0 amide bonds. The minimum Gasteiger partial charge on any atom is -0.314 e. The predicted molar refractivity (Wildman–Crippen MR) is 78.1 cm³/mol. The van der Waals surface area contributed by atoms with Gasteiger partial charge in [0.1, 0.15) is 0 Å². The van der Waals surface area contributed by atoms with Gasteiger partial charge < -0.3 is 5.32 Å². The Kier molecular flexibility index (Phi) is 5.39. The van der Waals surface area contributed by atoms with Crippen molar-refractivity contribution in [3.8, 4) is 0 Å². The first-order valence-corrected chi connectivity index (χ1v) is 7.10. The number of rotatable bonds is 6. The van der Waals surface area contributed by atoms with Crippen molar-refractivity contribution in [2.45, 2.75) is 67.0 Å². The van der Waals surface area contributed by atoms with Gasteiger partial charge in [-0.1, -0.05) is 34.6 Å². The molecule has 1 aromatic rings. The summed E-state index contributed by atoms with van der Waals surface area (Å²) in [6, 6.07) is 0.541. The summed E-state index contributed by atoms with van der Waals surface area (Å²) in [5, 5.41) is 8.20. The van der Waals surface area contributed by atoms with Crippen LogP contribution in [0.15, 0.2) is 0 Å². The highest BCUT2D eigenvalue weighted by Gasteiger charge is 2.17. The summed E-state index contributed by atoms with van der Waals surface area (Å²) in [5.41, 5.74) is 3.94. The Morgan fingerprint density at radius 3 is 2.22 bits per heavy atom. The van der Waals surface area contributed by atoms with Crippen molar-refractivity contribution in [1.29, 1.82) is 0 Å². The van der Waals surface area contributed by atoms with E-state index in [-0.39, 0.29) is 0 Å². The third-order valence-corrected chi connectivity index (χ3v) is 3.30. The highest BCUT2D eigenvalue weighted by Crippen LogP contribution is 2.23. The van der Waals surface area contributed by atoms with Crippen molar-refractivity contribution in [3.05, 3.63) is 17.0 Å². The monoisotopic (exact) mass is 251 g/mol. The average molecular weight is 251 g/mol. The molecule has 1 N–H and O–H groups in total. The van der Waals surface area contributed by atoms with Crippen LogP contribution in [0.5, 0.6) is 0 Å². The van der Waals surface area contributed by atoms with Gasteiger partial charge in [-0.15, -0.1) is 0 Å². The van der Waals surface area contributed by atoms with Crippen LogP contribution in [-0.4, -0.2) is 22.4 Å². The molecule has 0 aliphatic rings. The van der Waals surface area contributed by atoms with E-state index in [1.54, 1.807) is 0 Å². The summed E-state index contributed by atoms with van der Waals surface area (Å²) in [5.74, 6) is 1.16. The number of hydrogen-bond donors (Lipinski definition) is 1. The van der Waals surface area contributed by atoms with Crippen molar-refractivity contribution >= 4 is 0 Å². The highest BCUT2D eigenvalue weighted by molar-refractivity contribution is 5.28. The number of aryl methyl sites for hydroxylation is 1. The maximum absolute atomic E-state index is 4.69. The lowest BCUT2D eigenvalue weighted by molar-refractivity contribution is 0.471. The lowest BCUT2D eigenvalue weighted by atomic mass is 9.99. The molecule has 0 fully saturated rings. The van der Waals surface area contributed by atoms with Gasteiger partial charge in [-0.2, -0.15) is 5.10 Å². The van der Waals surface area contributed by atoms with E-state index in [1.165, 1.54) is 17.0 Å². The van der Waals surface area contributed by atoms with E-state index in [4.69, 9.17) is 0 Å². The number of nitrogens with one attached hydrogen (secondary N) is 1. The van der Waals surface area contributed by atoms with Gasteiger partial charge >= 0.3 is 0 Å². The second-order valence-electron chi connectivity index (χ2n) is 6.12. The first-order chi connectivity index (χ1) is 8.32. The molecule has 1 unspecified atom stereocenters. The van der Waals surface area contributed by atoms with E-state index in [0.717, 1.165) is 13.1 Å². The summed E-state index contributed by atoms with van der Waals surface area (Å²) >= 11 is 0. The van der Waals surface area contributed by atoms with E-state index in [2.05, 4.69) is 63.6 Å². The van der Waals surface area contributed by atoms with Crippen LogP contribution < -0.4 is 5.32 Å². The van der Waals surface area contributed by atoms with Crippen LogP contribution in [0.25, 0.3) is 0 Å². The van der Waals surface area contributed by atoms with Gasteiger partial charge in [0, 0.05) is 24.8 Å². The number of hydrogen-bond acceptors (Lipinski definition) is 2. The van der Waals surface area contributed by atoms with Crippen molar-refractivity contribution in [2.75, 3.05) is 6.54 Å². The van der Waals surface area contributed by atoms with Gasteiger partial charge in [-0.25, -0.2) is 0 Å². The molecule has 0 spiro atoms. The molecule has 1 atom stereocenters. The summed E-state index contributed by atoms with van der Waals surface area (Å²) in [6.07, 6.45) is 0. The Labute approximate surface area is 112 Å². The molecule has 1 rings (SSSR count). The standard InChI is InChI=1S/C15H29N3/c1-10(2)9-18-14(7)15(13(6)17-18)12(5)8-16-11(3)4/h10-12,16H,8-9H2,1-7H3. The van der Waals surface area contributed by atoms with Crippen LogP contribution in [-0.2, 0) is 6.54 Å². The lowest BCUT2D eigenvalue weighted by Gasteiger charge is -2.16. The van der Waals surface area contributed by atoms with Crippen LogP contribution in [0.2, 0.25) is 0 Å². The second kappa shape index (κ2) is 6.37. The maximum Gasteiger partial charge on any atom is 0.0631 e. The topological polar surface area (TPSA) is 29.9 Å². The second-order valence-corrected chi connectivity index (χ2v) is 6.12. The zero-order valence-electron chi connectivity index (χ0n) is 13.0. The van der Waals surface area contributed by atoms with Gasteiger partial charge in [0.2, 0.25) is 0 Å². The van der Waals surface area contributed by atoms with Gasteiger partial charge in [-0.05, 0) is 31.2 Å². The van der Waals surface area contributed by atoms with Crippen LogP contribution in [0.3, 0.4) is 0 Å². The van der Waals surface area contributed by atoms with Gasteiger partial charge in [0.05, 0.1) is 5.69 Å². The van der Waals surface area contributed by atoms with E-state index in [1.807, 2.05) is 0 Å². The summed E-state index contributed by atoms with van der Waals surface area (Å²) < 4.78 is 2.17. The Balaban J connectivity index is 2.84. The smallest absolute Gasteiger partial charge is 0.0631 e. The van der Waals surface area contributed by atoms with E-state index in [9.17, 15) is 0 Å². The third-order valence-electron chi connectivity index (χ3n) is 3.30. The van der Waals surface area contributed by atoms with Crippen LogP contribution in [0, 0.1) is 19.8 Å². The third kappa shape index (κ3) is 3.84. The molecule has 0 saturated carbocycles. The molecule has 0 aliphatic carbocycles. The van der Waals surface area contributed by atoms with Crippen LogP contribution in [0.1, 0.15) is 57.5 Å². The lowest BCUT2D eigenvalue weighted by Crippen LogP contribution is -2.27. The zero-order valence-corrected chi connectivity index (χ0v) is 13.0. The van der Waals surface area contributed by atoms with Gasteiger partial charge in [0.25, 0.3) is 0 Å². The molecule has 104 valence electrons. The average Bonchev–Trinajstić information content (AvgIpc) is 2.50. The maximum atomic E-state index is 4.69. The summed E-state index contributed by atoms with van der Waals surface area (Å²) in [7, 11) is 0. The molecule has 18 heavy (non-hydrogen) atoms. The van der Waals surface area contributed by atoms with Crippen molar-refractivity contribution in [3.63, 3.8) is 0 Å². The molecular formula is C15H29N3. The minimum absolute atomic E-state index is 0.522. The summed E-state index contributed by atoms with van der Waals surface area (Å²) in [4.78, 5) is 0. The minimum atomic E-state index is 0.522. The molecule has 3 heteroatoms. The van der Waals surface area contributed by atoms with Crippen molar-refractivity contribution in [2.24, 2.45) is 5.92 Å². The fraction of sp³-hybridized carbons (Fsp3) is 0.800. The Morgan fingerprint density at radius 2 is 1.72 bits per heavy atom. The molecule has 0 saturated heterocycles. The molecule has 0 aromatic carbocycles. The van der Waals surface area contributed by atoms with E-state index < -0.39 is 0 Å². The van der Waals surface area contributed by atoms with E-state index in [0.29, 0.717) is 17.9 Å². The normalized spacial score (nSPS) is 13.6. The summed E-state index contributed by atoms with van der Waals surface area (Å²) in [6.45, 7) is 17.5. The number of aromatic nitrogens is 2. The van der Waals surface area contributed by atoms with Crippen molar-refractivity contribution < 1.29 is 0 Å². The predicted octanol–water partition coefficient (Wildman–Crippen LogP) is 3.26. The molecule has 1 aromatic heterocycles. The molecule has 0 aliphatic heterocycles. The Bertz CT molecular complexity index is 377. The molecule has 1 heterocycles. The molecular weight excluding hydrogens is 222 g/mol. The largest absolute Gasteiger partial charge is 0.314 e. The Hall–Kier alpha value is -0.830. The number of nitrogens with zero attached hydrogens (tertiary/aromatic N) is 2. The molecule has 0 radical (unpaired) electrons. The van der Waals surface area contributed by atoms with Crippen LogP contribution in [0.4, 0.5) is 0 Å². The van der Waals surface area contributed by atoms with Gasteiger partial charge in [-0.3, -0.25) is 4.68 Å². The van der Waals surface area contributed by atoms with Crippen LogP contribution >= 0.6 is 0 Å². The van der Waals surface area contributed by atoms with Crippen molar-refractivity contribution in [1.82, 2.24) is 15.1 Å². The Morgan fingerprint density at radius 1 is 1.11 bits per heavy atom. The quantitative estimate of drug-likeness (QED) is 0.841. The zero-order chi connectivity index (χ0) is 13.9. The highest BCUT2D eigenvalue weighted by atomic mass is 15.3. The fourth-order valence-corrected chi connectivity index (χ4v) is 2.46. The molecule has 0 bridgehead atoms. The first kappa shape index (κ1) is 15.2. The molecule has 3 nitrogen and oxygen atoms in total. The first-order valence-electron chi connectivity index (χ1n) is 7.10. The van der Waals surface area contributed by atoms with E-state index >= 15 is 0 Å². The fourth-order valence-electron chi connectivity index (χ4n) is 2.46. The van der Waals surface area contributed by atoms with Gasteiger partial charge in [0.15, 0.2) is 0 Å².